The van der Waals surface area contributed by atoms with Gasteiger partial charge in [0.05, 0.1) is 6.16 Å². The molecule has 0 saturated carbocycles. The quantitative estimate of drug-likeness (QED) is 0.790. The van der Waals surface area contributed by atoms with Crippen molar-refractivity contribution in [2.24, 2.45) is 0 Å². The number of benzene rings is 2. The number of hydrogen-bond acceptors (Lipinski definition) is 2. The van der Waals surface area contributed by atoms with Crippen LogP contribution in [0.2, 0.25) is 0 Å². The first-order chi connectivity index (χ1) is 8.63. The number of ketones is 1. The van der Waals surface area contributed by atoms with Crippen molar-refractivity contribution in [1.82, 2.24) is 0 Å². The van der Waals surface area contributed by atoms with E-state index >= 15 is 0 Å². The molecular formula is C15H15O2P. The zero-order valence-electron chi connectivity index (χ0n) is 10.2. The number of hydrogen-bond donors (Lipinski definition) is 0. The van der Waals surface area contributed by atoms with Crippen LogP contribution in [-0.2, 0) is 9.36 Å². The third-order valence-corrected chi connectivity index (χ3v) is 5.95. The zero-order valence-corrected chi connectivity index (χ0v) is 11.1. The van der Waals surface area contributed by atoms with Gasteiger partial charge in [-0.3, -0.25) is 4.79 Å². The molecular weight excluding hydrogens is 243 g/mol. The van der Waals surface area contributed by atoms with Crippen LogP contribution in [0.1, 0.15) is 6.92 Å². The zero-order chi connectivity index (χ0) is 13.0. The van der Waals surface area contributed by atoms with Crippen molar-refractivity contribution in [3.63, 3.8) is 0 Å². The van der Waals surface area contributed by atoms with Crippen molar-refractivity contribution < 1.29 is 9.36 Å². The highest BCUT2D eigenvalue weighted by molar-refractivity contribution is 7.79. The summed E-state index contributed by atoms with van der Waals surface area (Å²) in [6, 6.07) is 18.5. The number of carbonyl (C=O) groups excluding carboxylic acids is 1. The lowest BCUT2D eigenvalue weighted by atomic mass is 10.4. The number of carbonyl (C=O) groups is 1. The number of rotatable bonds is 4. The molecule has 2 nitrogen and oxygen atoms in total. The fraction of sp³-hybridized carbons (Fsp3) is 0.133. The molecule has 0 fully saturated rings. The minimum Gasteiger partial charge on any atom is -0.313 e. The predicted octanol–water partition coefficient (Wildman–Crippen LogP) is 2.59. The highest BCUT2D eigenvalue weighted by Gasteiger charge is 2.28. The van der Waals surface area contributed by atoms with Gasteiger partial charge in [-0.1, -0.05) is 60.7 Å². The van der Waals surface area contributed by atoms with Crippen LogP contribution in [0.15, 0.2) is 60.7 Å². The third-order valence-electron chi connectivity index (χ3n) is 2.79. The fourth-order valence-corrected chi connectivity index (χ4v) is 4.58. The molecule has 0 aromatic heterocycles. The van der Waals surface area contributed by atoms with Crippen molar-refractivity contribution in [3.8, 4) is 0 Å². The topological polar surface area (TPSA) is 34.1 Å². The van der Waals surface area contributed by atoms with Crippen LogP contribution >= 0.6 is 7.14 Å². The lowest BCUT2D eigenvalue weighted by Crippen LogP contribution is -2.21. The van der Waals surface area contributed by atoms with Gasteiger partial charge in [-0.05, 0) is 6.92 Å². The predicted molar refractivity (Wildman–Crippen MR) is 75.3 cm³/mol. The second-order valence-electron chi connectivity index (χ2n) is 4.27. The van der Waals surface area contributed by atoms with Gasteiger partial charge in [-0.25, -0.2) is 0 Å². The molecule has 0 aliphatic carbocycles. The van der Waals surface area contributed by atoms with Crippen LogP contribution in [0, 0.1) is 0 Å². The average molecular weight is 258 g/mol. The Kier molecular flexibility index (Phi) is 3.78. The largest absolute Gasteiger partial charge is 0.313 e. The molecule has 0 heterocycles. The van der Waals surface area contributed by atoms with Crippen LogP contribution in [-0.4, -0.2) is 11.9 Å². The summed E-state index contributed by atoms with van der Waals surface area (Å²) in [6.45, 7) is 1.48. The highest BCUT2D eigenvalue weighted by Crippen LogP contribution is 2.42. The van der Waals surface area contributed by atoms with E-state index in [4.69, 9.17) is 0 Å². The summed E-state index contributed by atoms with van der Waals surface area (Å²) < 4.78 is 13.2. The van der Waals surface area contributed by atoms with E-state index in [1.165, 1.54) is 6.92 Å². The standard InChI is InChI=1S/C15H15O2P/c1-13(16)12-18(17,14-8-4-2-5-9-14)15-10-6-3-7-11-15/h2-11H,12H2,1H3. The molecule has 18 heavy (non-hydrogen) atoms. The number of Topliss-reactive ketones (excluding diaryl/α,β-unsaturated/α-hetero) is 1. The van der Waals surface area contributed by atoms with E-state index in [9.17, 15) is 9.36 Å². The van der Waals surface area contributed by atoms with Gasteiger partial charge in [0.1, 0.15) is 12.9 Å². The molecule has 0 radical (unpaired) electrons. The van der Waals surface area contributed by atoms with E-state index in [1.54, 1.807) is 0 Å². The highest BCUT2D eigenvalue weighted by atomic mass is 31.2. The normalized spacial score (nSPS) is 11.2. The van der Waals surface area contributed by atoms with Gasteiger partial charge < -0.3 is 4.57 Å². The van der Waals surface area contributed by atoms with Crippen molar-refractivity contribution in [3.05, 3.63) is 60.7 Å². The van der Waals surface area contributed by atoms with E-state index in [1.807, 2.05) is 60.7 Å². The Labute approximate surface area is 107 Å². The molecule has 0 aliphatic rings. The lowest BCUT2D eigenvalue weighted by Gasteiger charge is -2.17. The summed E-state index contributed by atoms with van der Waals surface area (Å²) in [7, 11) is -2.83. The van der Waals surface area contributed by atoms with E-state index in [2.05, 4.69) is 0 Å². The van der Waals surface area contributed by atoms with Crippen LogP contribution < -0.4 is 10.6 Å². The van der Waals surface area contributed by atoms with E-state index < -0.39 is 7.14 Å². The summed E-state index contributed by atoms with van der Waals surface area (Å²) in [4.78, 5) is 11.4. The molecule has 0 atom stereocenters. The van der Waals surface area contributed by atoms with Gasteiger partial charge in [-0.2, -0.15) is 0 Å². The van der Waals surface area contributed by atoms with E-state index in [0.29, 0.717) is 0 Å². The second-order valence-corrected chi connectivity index (χ2v) is 7.10. The molecule has 0 bridgehead atoms. The molecule has 2 aromatic carbocycles. The summed E-state index contributed by atoms with van der Waals surface area (Å²) in [5, 5.41) is 1.48. The van der Waals surface area contributed by atoms with E-state index in [-0.39, 0.29) is 11.9 Å². The molecule has 3 heteroatoms. The molecule has 2 aromatic rings. The first kappa shape index (κ1) is 12.8. The molecule has 2 rings (SSSR count). The van der Waals surface area contributed by atoms with Gasteiger partial charge in [0, 0.05) is 10.6 Å². The Balaban J connectivity index is 2.55. The first-order valence-corrected chi connectivity index (χ1v) is 7.72. The van der Waals surface area contributed by atoms with Gasteiger partial charge in [0.2, 0.25) is 0 Å². The Morgan fingerprint density at radius 3 is 1.61 bits per heavy atom. The Morgan fingerprint density at radius 2 is 1.28 bits per heavy atom. The lowest BCUT2D eigenvalue weighted by molar-refractivity contribution is -0.114. The van der Waals surface area contributed by atoms with Crippen molar-refractivity contribution in [2.45, 2.75) is 6.92 Å². The Morgan fingerprint density at radius 1 is 0.889 bits per heavy atom. The average Bonchev–Trinajstić information content (AvgIpc) is 2.40. The van der Waals surface area contributed by atoms with Gasteiger partial charge in [0.15, 0.2) is 0 Å². The van der Waals surface area contributed by atoms with Crippen molar-refractivity contribution in [1.29, 1.82) is 0 Å². The van der Waals surface area contributed by atoms with Crippen molar-refractivity contribution >= 4 is 23.5 Å². The molecule has 0 spiro atoms. The van der Waals surface area contributed by atoms with Gasteiger partial charge >= 0.3 is 0 Å². The maximum atomic E-state index is 13.2. The maximum absolute atomic E-state index is 13.2. The van der Waals surface area contributed by atoms with Crippen LogP contribution in [0.25, 0.3) is 0 Å². The van der Waals surface area contributed by atoms with Crippen molar-refractivity contribution in [2.75, 3.05) is 6.16 Å². The maximum Gasteiger partial charge on any atom is 0.150 e. The Bertz CT molecular complexity index is 532. The summed E-state index contributed by atoms with van der Waals surface area (Å²) in [6.07, 6.45) is 0.0844. The summed E-state index contributed by atoms with van der Waals surface area (Å²) in [5.41, 5.74) is 0. The molecule has 0 unspecified atom stereocenters. The smallest absolute Gasteiger partial charge is 0.150 e. The Hall–Kier alpha value is -1.66. The summed E-state index contributed by atoms with van der Waals surface area (Å²) in [5.74, 6) is -0.0500. The molecule has 0 N–H and O–H groups in total. The molecule has 0 saturated heterocycles. The minimum atomic E-state index is -2.83. The van der Waals surface area contributed by atoms with Crippen LogP contribution in [0.4, 0.5) is 0 Å². The second kappa shape index (κ2) is 5.32. The molecule has 0 aliphatic heterocycles. The van der Waals surface area contributed by atoms with Crippen LogP contribution in [0.5, 0.6) is 0 Å². The molecule has 92 valence electrons. The minimum absolute atomic E-state index is 0.0500. The first-order valence-electron chi connectivity index (χ1n) is 5.83. The van der Waals surface area contributed by atoms with E-state index in [0.717, 1.165) is 10.6 Å². The van der Waals surface area contributed by atoms with Gasteiger partial charge in [-0.15, -0.1) is 0 Å². The summed E-state index contributed by atoms with van der Waals surface area (Å²) >= 11 is 0. The third kappa shape index (κ3) is 2.60. The fourth-order valence-electron chi connectivity index (χ4n) is 1.98. The SMILES string of the molecule is CC(=O)CP(=O)(c1ccccc1)c1ccccc1. The van der Waals surface area contributed by atoms with Crippen LogP contribution in [0.3, 0.4) is 0 Å². The molecule has 0 amide bonds. The monoisotopic (exact) mass is 258 g/mol. The van der Waals surface area contributed by atoms with Gasteiger partial charge in [0.25, 0.3) is 0 Å².